The third kappa shape index (κ3) is 15.3. The second-order valence-corrected chi connectivity index (χ2v) is 29.3. The number of benzene rings is 6. The summed E-state index contributed by atoms with van der Waals surface area (Å²) < 4.78 is 152. The monoisotopic (exact) mass is 1490 g/mol. The highest BCUT2D eigenvalue weighted by atomic mass is 79.9. The van der Waals surface area contributed by atoms with Crippen molar-refractivity contribution in [2.75, 3.05) is 55.5 Å². The predicted molar refractivity (Wildman–Crippen MR) is 395 cm³/mol. The second-order valence-electron chi connectivity index (χ2n) is 24.9. The number of hydrogen-bond donors (Lipinski definition) is 1. The van der Waals surface area contributed by atoms with Crippen LogP contribution in [0.1, 0.15) is 87.9 Å². The molecule has 7 heterocycles. The first-order chi connectivity index (χ1) is 48.6. The largest absolute Gasteiger partial charge is 0.496 e. The van der Waals surface area contributed by atoms with Gasteiger partial charge in [-0.2, -0.15) is 0 Å². The van der Waals surface area contributed by atoms with E-state index in [2.05, 4.69) is 31.8 Å². The molecule has 0 radical (unpaired) electrons. The Balaban J connectivity index is 0.000000162. The Morgan fingerprint density at radius 3 is 1.48 bits per heavy atom. The van der Waals surface area contributed by atoms with Crippen molar-refractivity contribution in [3.05, 3.63) is 185 Å². The maximum absolute atomic E-state index is 13.8. The van der Waals surface area contributed by atoms with Crippen LogP contribution in [-0.4, -0.2) is 110 Å². The number of hydrogen-bond acceptors (Lipinski definition) is 15. The molecule has 13 rings (SSSR count). The fraction of sp³-hybridized carbons (Fsp3) is 0.250. The van der Waals surface area contributed by atoms with E-state index in [0.29, 0.717) is 88.1 Å². The molecule has 530 valence electrons. The molecule has 1 N–H and O–H groups in total. The van der Waals surface area contributed by atoms with Gasteiger partial charge in [0.05, 0.1) is 78.7 Å². The number of pyridine rings is 2. The molecule has 6 aromatic carbocycles. The van der Waals surface area contributed by atoms with Gasteiger partial charge in [-0.05, 0) is 183 Å². The van der Waals surface area contributed by atoms with E-state index in [-0.39, 0.29) is 90.0 Å². The first-order valence-electron chi connectivity index (χ1n) is 32.4. The normalized spacial score (nSPS) is 13.9. The number of Topliss-reactive ketones (excluding diaryl/α,β-unsaturated/α-hetero) is 2. The third-order valence-corrected chi connectivity index (χ3v) is 20.5. The number of aromatic nitrogens is 2. The van der Waals surface area contributed by atoms with Crippen molar-refractivity contribution >= 4 is 121 Å². The van der Waals surface area contributed by atoms with Crippen LogP contribution < -0.4 is 23.5 Å². The van der Waals surface area contributed by atoms with Gasteiger partial charge in [-0.3, -0.25) is 41.5 Å². The van der Waals surface area contributed by atoms with Crippen LogP contribution in [-0.2, 0) is 29.3 Å². The zero-order chi connectivity index (χ0) is 73.2. The van der Waals surface area contributed by atoms with E-state index in [9.17, 15) is 44.3 Å². The summed E-state index contributed by atoms with van der Waals surface area (Å²) in [4.78, 5) is 34.8. The Morgan fingerprint density at radius 1 is 0.578 bits per heavy atom. The van der Waals surface area contributed by atoms with Crippen LogP contribution >= 0.6 is 15.9 Å². The number of carbonyl (C=O) groups is 2. The highest BCUT2D eigenvalue weighted by Gasteiger charge is 2.52. The summed E-state index contributed by atoms with van der Waals surface area (Å²) in [6.07, 6.45) is 4.85. The highest BCUT2D eigenvalue weighted by Crippen LogP contribution is 2.46. The van der Waals surface area contributed by atoms with E-state index in [4.69, 9.17) is 36.5 Å². The van der Waals surface area contributed by atoms with E-state index in [0.717, 1.165) is 42.7 Å². The summed E-state index contributed by atoms with van der Waals surface area (Å²) in [6.45, 7) is 10.1. The van der Waals surface area contributed by atoms with Crippen LogP contribution in [0.3, 0.4) is 0 Å². The second kappa shape index (κ2) is 30.2. The maximum Gasteiger partial charge on any atom is 0.494 e. The Labute approximate surface area is 595 Å². The van der Waals surface area contributed by atoms with Crippen LogP contribution in [0.5, 0.6) is 11.5 Å². The average Bonchev–Trinajstić information content (AvgIpc) is 1.29. The lowest BCUT2D eigenvalue weighted by atomic mass is 9.78. The van der Waals surface area contributed by atoms with Gasteiger partial charge in [0, 0.05) is 94.5 Å². The lowest BCUT2D eigenvalue weighted by Crippen LogP contribution is -2.41. The van der Waals surface area contributed by atoms with E-state index in [1.165, 1.54) is 61.7 Å². The molecule has 1 fully saturated rings. The fourth-order valence-corrected chi connectivity index (χ4v) is 14.3. The van der Waals surface area contributed by atoms with Crippen molar-refractivity contribution in [3.8, 4) is 67.9 Å². The molecule has 0 spiro atoms. The molecular formula is C76H72BBrF4N4O14S2. The summed E-state index contributed by atoms with van der Waals surface area (Å²) in [6, 6.07) is 39.8. The van der Waals surface area contributed by atoms with Gasteiger partial charge < -0.3 is 36.5 Å². The summed E-state index contributed by atoms with van der Waals surface area (Å²) in [7, 11) is -4.83. The van der Waals surface area contributed by atoms with Gasteiger partial charge in [-0.25, -0.2) is 21.4 Å². The zero-order valence-electron chi connectivity index (χ0n) is 57.2. The van der Waals surface area contributed by atoms with E-state index in [1.54, 1.807) is 87.9 Å². The molecule has 0 saturated carbocycles. The smallest absolute Gasteiger partial charge is 0.494 e. The zero-order valence-corrected chi connectivity index (χ0v) is 60.4. The molecule has 18 nitrogen and oxygen atoms in total. The van der Waals surface area contributed by atoms with Crippen molar-refractivity contribution < 1.29 is 80.8 Å². The van der Waals surface area contributed by atoms with Gasteiger partial charge in [0.2, 0.25) is 10.0 Å². The number of ketones is 2. The number of halogens is 5. The highest BCUT2D eigenvalue weighted by molar-refractivity contribution is 9.10. The number of anilines is 2. The Hall–Kier alpha value is -9.57. The third-order valence-electron chi connectivity index (χ3n) is 17.6. The first-order valence-corrected chi connectivity index (χ1v) is 36.7. The van der Waals surface area contributed by atoms with Crippen LogP contribution in [0.25, 0.3) is 101 Å². The SMILES string of the molecule is C=S(=O)(O)N(CCCF)c1cc2oc(-c3ccc(F)cc3)c(C(=O)CC)c2cc1-c1ccc(OC)c(-c2cc3ncccc3o2)c1.CCC(=O)c1c(-c2ccc(F)cc2)oc2cc(N(CCCF)S(C)(=O)=O)c(Br)cc12.COc1ccc(B2OC(C)(C)C(C)(C)O2)cc1-c1cc2ncccc2o1. The molecule has 26 heteroatoms. The van der Waals surface area contributed by atoms with Gasteiger partial charge in [0.25, 0.3) is 0 Å². The lowest BCUT2D eigenvalue weighted by molar-refractivity contribution is 0.00578. The van der Waals surface area contributed by atoms with E-state index in [1.807, 2.05) is 64.1 Å². The average molecular weight is 1500 g/mol. The number of alkyl halides is 2. The summed E-state index contributed by atoms with van der Waals surface area (Å²) >= 11 is 3.38. The number of sulfonamides is 1. The molecule has 1 aliphatic rings. The van der Waals surface area contributed by atoms with Crippen molar-refractivity contribution in [1.29, 1.82) is 0 Å². The molecule has 0 bridgehead atoms. The van der Waals surface area contributed by atoms with Gasteiger partial charge in [-0.1, -0.05) is 26.0 Å². The summed E-state index contributed by atoms with van der Waals surface area (Å²) in [5.41, 5.74) is 8.12. The lowest BCUT2D eigenvalue weighted by Gasteiger charge is -2.32. The van der Waals surface area contributed by atoms with Gasteiger partial charge in [0.15, 0.2) is 32.7 Å². The fourth-order valence-electron chi connectivity index (χ4n) is 11.8. The molecule has 0 aliphatic carbocycles. The van der Waals surface area contributed by atoms with E-state index < -0.39 is 52.1 Å². The molecule has 1 aliphatic heterocycles. The van der Waals surface area contributed by atoms with Crippen molar-refractivity contribution in [3.63, 3.8) is 0 Å². The minimum absolute atomic E-state index is 0.0360. The topological polar surface area (TPSA) is 227 Å². The van der Waals surface area contributed by atoms with Crippen molar-refractivity contribution in [1.82, 2.24) is 9.97 Å². The van der Waals surface area contributed by atoms with Gasteiger partial charge >= 0.3 is 7.12 Å². The van der Waals surface area contributed by atoms with Crippen LogP contribution in [0, 0.1) is 11.6 Å². The van der Waals surface area contributed by atoms with Crippen LogP contribution in [0.2, 0.25) is 0 Å². The first kappa shape index (κ1) is 73.6. The minimum Gasteiger partial charge on any atom is -0.496 e. The molecule has 102 heavy (non-hydrogen) atoms. The Kier molecular flexibility index (Phi) is 21.8. The van der Waals surface area contributed by atoms with Crippen molar-refractivity contribution in [2.24, 2.45) is 0 Å². The maximum atomic E-state index is 13.8. The standard InChI is InChI=1S/C35H30F2N2O6S.C21H20BrF2NO4S.C20H22BNO4/c1-4-29(40)34-26-18-24(22-10-13-30(43-2)25(17-22)32-19-27-31(44-32)7-5-15-38-27)28(39(16-6-14-36)46(3,41)42)20-33(26)45-35(34)21-8-11-23(37)12-9-21;1-3-18(26)20-15-11-16(22)17(25(10-4-9-23)30(2,27)28)12-19(15)29-21(20)13-5-7-14(24)8-6-13;1-19(2)20(3,4)26-21(25-19)13-8-9-16(23-5)14(11-13)18-12-15-17(24-18)7-6-10-22-15/h5,7-13,15,17-20H,3-4,6,14,16H2,1-2H3,(H,41,42);5-8,11-12H,3-4,9-10H2,1-2H3;6-12H,1-5H3. The van der Waals surface area contributed by atoms with E-state index >= 15 is 0 Å². The number of furan rings is 4. The Bertz CT molecular complexity index is 5270. The Morgan fingerprint density at radius 2 is 1.03 bits per heavy atom. The molecule has 1 saturated heterocycles. The molecule has 12 aromatic rings. The number of nitrogens with zero attached hydrogens (tertiary/aromatic N) is 4. The molecule has 0 amide bonds. The van der Waals surface area contributed by atoms with Gasteiger partial charge in [-0.15, -0.1) is 0 Å². The summed E-state index contributed by atoms with van der Waals surface area (Å²) in [5.74, 6) is 5.19. The van der Waals surface area contributed by atoms with Crippen LogP contribution in [0.15, 0.2) is 180 Å². The molecular weight excluding hydrogens is 1420 g/mol. The number of ether oxygens (including phenoxy) is 2. The molecule has 1 unspecified atom stereocenters. The molecule has 1 atom stereocenters. The molecule has 6 aromatic heterocycles. The summed E-state index contributed by atoms with van der Waals surface area (Å²) in [5, 5.41) is 0.963. The number of rotatable bonds is 22. The van der Waals surface area contributed by atoms with Gasteiger partial charge in [0.1, 0.15) is 68.4 Å². The van der Waals surface area contributed by atoms with Crippen LogP contribution in [0.4, 0.5) is 28.9 Å². The number of carbonyl (C=O) groups excluding carboxylic acids is 2. The predicted octanol–water partition coefficient (Wildman–Crippen LogP) is 18.1. The number of methoxy groups -OCH3 is 2. The quantitative estimate of drug-likeness (QED) is 0.0288. The van der Waals surface area contributed by atoms with Crippen molar-refractivity contribution in [2.45, 2.75) is 78.4 Å². The minimum atomic E-state index is -3.90. The number of fused-ring (bicyclic) bond motifs is 4.